The van der Waals surface area contributed by atoms with Crippen molar-refractivity contribution < 1.29 is 19.2 Å². The molecule has 6 heteroatoms. The van der Waals surface area contributed by atoms with Gasteiger partial charge in [-0.2, -0.15) is 0 Å². The van der Waals surface area contributed by atoms with Gasteiger partial charge >= 0.3 is 0 Å². The number of nitrogens with one attached hydrogen (secondary N) is 1. The zero-order valence-electron chi connectivity index (χ0n) is 22.5. The van der Waals surface area contributed by atoms with E-state index < -0.39 is 0 Å². The average molecular weight is 497 g/mol. The van der Waals surface area contributed by atoms with Gasteiger partial charge < -0.3 is 4.74 Å². The summed E-state index contributed by atoms with van der Waals surface area (Å²) < 4.78 is 5.86. The van der Waals surface area contributed by atoms with E-state index in [0.29, 0.717) is 30.8 Å². The van der Waals surface area contributed by atoms with Crippen LogP contribution in [0.3, 0.4) is 0 Å². The highest BCUT2D eigenvalue weighted by Gasteiger charge is 2.29. The molecule has 1 aliphatic heterocycles. The van der Waals surface area contributed by atoms with Crippen molar-refractivity contribution in [3.05, 3.63) is 41.0 Å². The Labute approximate surface area is 216 Å². The van der Waals surface area contributed by atoms with Crippen LogP contribution in [0.25, 0.3) is 10.8 Å². The summed E-state index contributed by atoms with van der Waals surface area (Å²) in [6.45, 7) is 9.39. The monoisotopic (exact) mass is 496 g/mol. The number of carbonyl (C=O) groups is 2. The van der Waals surface area contributed by atoms with E-state index in [2.05, 4.69) is 32.2 Å². The summed E-state index contributed by atoms with van der Waals surface area (Å²) in [6, 6.07) is 7.78. The van der Waals surface area contributed by atoms with Crippen LogP contribution in [0.4, 0.5) is 5.69 Å². The highest BCUT2D eigenvalue weighted by atomic mass is 16.7. The first kappa shape index (κ1) is 28.1. The predicted molar refractivity (Wildman–Crippen MR) is 147 cm³/mol. The molecule has 0 spiro atoms. The van der Waals surface area contributed by atoms with E-state index in [-0.39, 0.29) is 11.8 Å². The van der Waals surface area contributed by atoms with Gasteiger partial charge in [0, 0.05) is 36.1 Å². The van der Waals surface area contributed by atoms with Crippen LogP contribution in [-0.4, -0.2) is 38.2 Å². The molecule has 0 atom stereocenters. The Morgan fingerprint density at radius 2 is 1.53 bits per heavy atom. The molecule has 198 valence electrons. The van der Waals surface area contributed by atoms with Gasteiger partial charge in [-0.1, -0.05) is 71.4 Å². The fourth-order valence-electron chi connectivity index (χ4n) is 4.85. The molecule has 6 nitrogen and oxygen atoms in total. The van der Waals surface area contributed by atoms with Crippen LogP contribution >= 0.6 is 0 Å². The molecule has 0 saturated heterocycles. The van der Waals surface area contributed by atoms with Crippen LogP contribution in [0, 0.1) is 0 Å². The van der Waals surface area contributed by atoms with Crippen LogP contribution in [0.1, 0.15) is 111 Å². The van der Waals surface area contributed by atoms with Gasteiger partial charge in [0.25, 0.3) is 11.8 Å². The minimum absolute atomic E-state index is 0.312. The summed E-state index contributed by atoms with van der Waals surface area (Å²) in [4.78, 5) is 32.0. The van der Waals surface area contributed by atoms with Gasteiger partial charge in [0.2, 0.25) is 0 Å². The molecule has 0 aromatic heterocycles. The van der Waals surface area contributed by atoms with E-state index >= 15 is 0 Å². The molecule has 0 unspecified atom stereocenters. The van der Waals surface area contributed by atoms with E-state index in [1.807, 2.05) is 17.2 Å². The SMILES string of the molecule is CCCCCCOCCCc1cc(N(CCC)OCCCCCC)c2cccc3c2c1C(=O)NC3=O. The molecule has 2 aromatic carbocycles. The first-order chi connectivity index (χ1) is 17.6. The van der Waals surface area contributed by atoms with E-state index in [0.717, 1.165) is 67.3 Å². The molecule has 2 aromatic rings. The van der Waals surface area contributed by atoms with Crippen molar-refractivity contribution in [3.63, 3.8) is 0 Å². The van der Waals surface area contributed by atoms with E-state index in [1.165, 1.54) is 32.1 Å². The Morgan fingerprint density at radius 1 is 0.806 bits per heavy atom. The number of nitrogens with zero attached hydrogens (tertiary/aromatic N) is 1. The number of hydrogen-bond acceptors (Lipinski definition) is 5. The highest BCUT2D eigenvalue weighted by molar-refractivity contribution is 6.27. The fourth-order valence-corrected chi connectivity index (χ4v) is 4.85. The second-order valence-electron chi connectivity index (χ2n) is 9.71. The zero-order valence-corrected chi connectivity index (χ0v) is 22.5. The van der Waals surface area contributed by atoms with Crippen LogP contribution < -0.4 is 10.4 Å². The minimum atomic E-state index is -0.334. The maximum Gasteiger partial charge on any atom is 0.259 e. The predicted octanol–water partition coefficient (Wildman–Crippen LogP) is 6.98. The largest absolute Gasteiger partial charge is 0.381 e. The molecule has 36 heavy (non-hydrogen) atoms. The second-order valence-corrected chi connectivity index (χ2v) is 9.71. The lowest BCUT2D eigenvalue weighted by atomic mass is 9.88. The van der Waals surface area contributed by atoms with Crippen molar-refractivity contribution in [2.24, 2.45) is 0 Å². The molecule has 0 radical (unpaired) electrons. The van der Waals surface area contributed by atoms with Crippen LogP contribution in [0.15, 0.2) is 24.3 Å². The third kappa shape index (κ3) is 7.30. The van der Waals surface area contributed by atoms with Crippen molar-refractivity contribution in [1.29, 1.82) is 0 Å². The van der Waals surface area contributed by atoms with Gasteiger partial charge in [0.1, 0.15) is 0 Å². The number of hydrogen-bond donors (Lipinski definition) is 1. The smallest absolute Gasteiger partial charge is 0.259 e. The number of amides is 2. The molecule has 0 bridgehead atoms. The number of carbonyl (C=O) groups excluding carboxylic acids is 2. The van der Waals surface area contributed by atoms with Gasteiger partial charge in [-0.15, -0.1) is 0 Å². The number of hydroxylamine groups is 1. The number of aryl methyl sites for hydroxylation is 1. The molecule has 0 aliphatic carbocycles. The molecule has 1 aliphatic rings. The summed E-state index contributed by atoms with van der Waals surface area (Å²) in [5, 5.41) is 6.15. The second kappa shape index (κ2) is 15.0. The lowest BCUT2D eigenvalue weighted by Crippen LogP contribution is -2.36. The van der Waals surface area contributed by atoms with Gasteiger partial charge in [-0.25, -0.2) is 0 Å². The topological polar surface area (TPSA) is 67.9 Å². The number of rotatable bonds is 18. The minimum Gasteiger partial charge on any atom is -0.381 e. The van der Waals surface area contributed by atoms with Crippen molar-refractivity contribution in [1.82, 2.24) is 5.32 Å². The maximum absolute atomic E-state index is 13.0. The summed E-state index contributed by atoms with van der Waals surface area (Å²) in [5.41, 5.74) is 3.05. The highest BCUT2D eigenvalue weighted by Crippen LogP contribution is 2.37. The molecule has 0 saturated carbocycles. The fraction of sp³-hybridized carbons (Fsp3) is 0.600. The normalized spacial score (nSPS) is 12.9. The Bertz CT molecular complexity index is 1000. The average Bonchev–Trinajstić information content (AvgIpc) is 2.88. The van der Waals surface area contributed by atoms with E-state index in [9.17, 15) is 9.59 Å². The van der Waals surface area contributed by atoms with Crippen molar-refractivity contribution in [2.75, 3.05) is 31.4 Å². The zero-order chi connectivity index (χ0) is 25.8. The summed E-state index contributed by atoms with van der Waals surface area (Å²) in [5.74, 6) is -0.646. The molecule has 1 heterocycles. The number of anilines is 1. The lowest BCUT2D eigenvalue weighted by Gasteiger charge is -2.28. The maximum atomic E-state index is 13.0. The van der Waals surface area contributed by atoms with Gasteiger partial charge in [-0.3, -0.25) is 24.8 Å². The number of unbranched alkanes of at least 4 members (excludes halogenated alkanes) is 6. The Hall–Kier alpha value is -2.44. The van der Waals surface area contributed by atoms with E-state index in [1.54, 1.807) is 6.07 Å². The van der Waals surface area contributed by atoms with Crippen molar-refractivity contribution in [3.8, 4) is 0 Å². The van der Waals surface area contributed by atoms with Crippen molar-refractivity contribution in [2.45, 2.75) is 91.4 Å². The summed E-state index contributed by atoms with van der Waals surface area (Å²) in [7, 11) is 0. The first-order valence-corrected chi connectivity index (χ1v) is 14.0. The molecular weight excluding hydrogens is 452 g/mol. The number of imide groups is 1. The summed E-state index contributed by atoms with van der Waals surface area (Å²) in [6.07, 6.45) is 11.8. The Kier molecular flexibility index (Phi) is 11.7. The molecule has 2 amide bonds. The molecule has 3 rings (SSSR count). The molecule has 1 N–H and O–H groups in total. The van der Waals surface area contributed by atoms with Crippen LogP contribution in [0.5, 0.6) is 0 Å². The first-order valence-electron chi connectivity index (χ1n) is 14.0. The van der Waals surface area contributed by atoms with E-state index in [4.69, 9.17) is 9.57 Å². The lowest BCUT2D eigenvalue weighted by molar-refractivity contribution is 0.0843. The standard InChI is InChI=1S/C30H44N2O4/c1-4-7-9-11-19-35-20-14-15-23-22-26(32(18-6-3)36-21-12-10-8-5-2)24-16-13-17-25-28(24)27(23)30(34)31-29(25)33/h13,16-17,22H,4-12,14-15,18-21H2,1-3H3,(H,31,33,34). The number of ether oxygens (including phenoxy) is 1. The van der Waals surface area contributed by atoms with Gasteiger partial charge in [-0.05, 0) is 49.8 Å². The van der Waals surface area contributed by atoms with Gasteiger partial charge in [0.05, 0.1) is 17.9 Å². The summed E-state index contributed by atoms with van der Waals surface area (Å²) >= 11 is 0. The van der Waals surface area contributed by atoms with Crippen LogP contribution in [0.2, 0.25) is 0 Å². The molecule has 0 fully saturated rings. The third-order valence-corrected chi connectivity index (χ3v) is 6.74. The van der Waals surface area contributed by atoms with Crippen LogP contribution in [-0.2, 0) is 16.0 Å². The quantitative estimate of drug-likeness (QED) is 0.137. The third-order valence-electron chi connectivity index (χ3n) is 6.74. The number of benzene rings is 2. The Morgan fingerprint density at radius 3 is 2.25 bits per heavy atom. The Balaban J connectivity index is 1.86. The van der Waals surface area contributed by atoms with Crippen molar-refractivity contribution >= 4 is 28.3 Å². The molecular formula is C30H44N2O4. The van der Waals surface area contributed by atoms with Gasteiger partial charge in [0.15, 0.2) is 0 Å².